The second kappa shape index (κ2) is 11.0. The molecular weight excluding hydrogens is 438 g/mol. The van der Waals surface area contributed by atoms with Gasteiger partial charge in [-0.3, -0.25) is 9.59 Å². The summed E-state index contributed by atoms with van der Waals surface area (Å²) < 4.78 is 11.6. The van der Waals surface area contributed by atoms with Crippen LogP contribution in [0.3, 0.4) is 0 Å². The van der Waals surface area contributed by atoms with Gasteiger partial charge in [-0.15, -0.1) is 0 Å². The molecule has 0 heterocycles. The highest BCUT2D eigenvalue weighted by molar-refractivity contribution is 7.99. The third kappa shape index (κ3) is 9.00. The van der Waals surface area contributed by atoms with Crippen LogP contribution in [0, 0.1) is 5.41 Å². The predicted octanol–water partition coefficient (Wildman–Crippen LogP) is 5.92. The van der Waals surface area contributed by atoms with Crippen LogP contribution in [-0.2, 0) is 17.0 Å². The minimum atomic E-state index is -0.918. The Labute approximate surface area is 201 Å². The number of ether oxygens (including phenoxy) is 2. The van der Waals surface area contributed by atoms with Gasteiger partial charge in [0.15, 0.2) is 11.5 Å². The van der Waals surface area contributed by atoms with E-state index in [2.05, 4.69) is 46.9 Å². The molecule has 0 saturated carbocycles. The first kappa shape index (κ1) is 26.6. The van der Waals surface area contributed by atoms with Crippen LogP contribution < -0.4 is 14.8 Å². The minimum absolute atomic E-state index is 0.0127. The summed E-state index contributed by atoms with van der Waals surface area (Å²) in [5.74, 6) is 1.15. The second-order valence-corrected chi connectivity index (χ2v) is 11.9. The van der Waals surface area contributed by atoms with Gasteiger partial charge in [0.25, 0.3) is 5.91 Å². The molecule has 180 valence electrons. The summed E-state index contributed by atoms with van der Waals surface area (Å²) in [4.78, 5) is 23.9. The standard InChI is InChI=1S/C26H35NO5S/c1-25(2,3)16-27-24(30)18-9-11-20(19(14-18)15-33-26(4,5)6)32-22-12-17(13-23(28)29)8-10-21(22)31-7/h8-12,14H,13,15-16H2,1-7H3,(H,27,30)(H,28,29). The molecule has 0 fully saturated rings. The van der Waals surface area contributed by atoms with Crippen molar-refractivity contribution in [1.82, 2.24) is 5.32 Å². The monoisotopic (exact) mass is 473 g/mol. The van der Waals surface area contributed by atoms with Crippen molar-refractivity contribution in [3.05, 3.63) is 53.1 Å². The Balaban J connectivity index is 2.38. The molecule has 33 heavy (non-hydrogen) atoms. The first-order chi connectivity index (χ1) is 15.3. The number of amides is 1. The van der Waals surface area contributed by atoms with Gasteiger partial charge in [0.05, 0.1) is 13.5 Å². The van der Waals surface area contributed by atoms with E-state index in [9.17, 15) is 9.59 Å². The lowest BCUT2D eigenvalue weighted by molar-refractivity contribution is -0.136. The molecule has 0 aliphatic carbocycles. The number of rotatable bonds is 9. The van der Waals surface area contributed by atoms with Gasteiger partial charge >= 0.3 is 5.97 Å². The molecule has 0 aliphatic rings. The van der Waals surface area contributed by atoms with E-state index in [-0.39, 0.29) is 22.5 Å². The fraction of sp³-hybridized carbons (Fsp3) is 0.462. The Morgan fingerprint density at radius 2 is 1.64 bits per heavy atom. The average molecular weight is 474 g/mol. The molecule has 0 saturated heterocycles. The minimum Gasteiger partial charge on any atom is -0.493 e. The van der Waals surface area contributed by atoms with Gasteiger partial charge in [-0.05, 0) is 41.3 Å². The maximum Gasteiger partial charge on any atom is 0.307 e. The van der Waals surface area contributed by atoms with Gasteiger partial charge < -0.3 is 19.9 Å². The van der Waals surface area contributed by atoms with Gasteiger partial charge in [0.2, 0.25) is 0 Å². The number of carboxylic acids is 1. The lowest BCUT2D eigenvalue weighted by atomic mass is 9.97. The number of benzene rings is 2. The number of aliphatic carboxylic acids is 1. The molecule has 6 nitrogen and oxygen atoms in total. The maximum absolute atomic E-state index is 12.7. The molecule has 7 heteroatoms. The summed E-state index contributed by atoms with van der Waals surface area (Å²) in [6, 6.07) is 10.5. The molecule has 2 rings (SSSR count). The van der Waals surface area contributed by atoms with Crippen LogP contribution in [0.5, 0.6) is 17.2 Å². The van der Waals surface area contributed by atoms with Crippen molar-refractivity contribution < 1.29 is 24.2 Å². The zero-order valence-corrected chi connectivity index (χ0v) is 21.4. The quantitative estimate of drug-likeness (QED) is 0.470. The number of methoxy groups -OCH3 is 1. The molecule has 2 aromatic carbocycles. The van der Waals surface area contributed by atoms with Gasteiger partial charge in [-0.25, -0.2) is 0 Å². The van der Waals surface area contributed by atoms with Crippen molar-refractivity contribution in [3.63, 3.8) is 0 Å². The van der Waals surface area contributed by atoms with Gasteiger partial charge in [0.1, 0.15) is 5.75 Å². The van der Waals surface area contributed by atoms with Crippen LogP contribution in [0.15, 0.2) is 36.4 Å². The summed E-state index contributed by atoms with van der Waals surface area (Å²) in [6.07, 6.45) is -0.111. The molecule has 0 aromatic heterocycles. The van der Waals surface area contributed by atoms with Crippen molar-refractivity contribution in [2.45, 2.75) is 58.5 Å². The highest BCUT2D eigenvalue weighted by atomic mass is 32.2. The molecule has 0 aliphatic heterocycles. The molecule has 0 atom stereocenters. The Kier molecular flexibility index (Phi) is 8.83. The number of carboxylic acid groups (broad SMARTS) is 1. The largest absolute Gasteiger partial charge is 0.493 e. The van der Waals surface area contributed by atoms with E-state index in [1.54, 1.807) is 42.1 Å². The highest BCUT2D eigenvalue weighted by Gasteiger charge is 2.18. The summed E-state index contributed by atoms with van der Waals surface area (Å²) in [6.45, 7) is 13.2. The summed E-state index contributed by atoms with van der Waals surface area (Å²) in [5.41, 5.74) is 2.05. The lowest BCUT2D eigenvalue weighted by Gasteiger charge is -2.21. The van der Waals surface area contributed by atoms with Crippen molar-refractivity contribution in [2.75, 3.05) is 13.7 Å². The van der Waals surface area contributed by atoms with E-state index in [1.807, 2.05) is 6.07 Å². The molecule has 0 spiro atoms. The Hall–Kier alpha value is -2.67. The zero-order chi connectivity index (χ0) is 24.8. The number of hydrogen-bond donors (Lipinski definition) is 2. The van der Waals surface area contributed by atoms with Crippen molar-refractivity contribution in [3.8, 4) is 17.2 Å². The van der Waals surface area contributed by atoms with Crippen molar-refractivity contribution >= 4 is 23.6 Å². The van der Waals surface area contributed by atoms with Crippen LogP contribution in [0.1, 0.15) is 63.0 Å². The summed E-state index contributed by atoms with van der Waals surface area (Å²) in [7, 11) is 1.54. The van der Waals surface area contributed by atoms with E-state index in [0.29, 0.717) is 40.7 Å². The number of carbonyl (C=O) groups excluding carboxylic acids is 1. The van der Waals surface area contributed by atoms with Crippen molar-refractivity contribution in [2.24, 2.45) is 5.41 Å². The summed E-state index contributed by atoms with van der Waals surface area (Å²) in [5, 5.41) is 12.1. The van der Waals surface area contributed by atoms with Gasteiger partial charge in [-0.2, -0.15) is 11.8 Å². The van der Waals surface area contributed by atoms with E-state index < -0.39 is 5.97 Å². The average Bonchev–Trinajstić information content (AvgIpc) is 2.70. The van der Waals surface area contributed by atoms with Crippen molar-refractivity contribution in [1.29, 1.82) is 0 Å². The third-order valence-corrected chi connectivity index (χ3v) is 5.89. The first-order valence-corrected chi connectivity index (χ1v) is 11.9. The second-order valence-electron chi connectivity index (χ2n) is 10.1. The Morgan fingerprint density at radius 3 is 2.21 bits per heavy atom. The van der Waals surface area contributed by atoms with Crippen LogP contribution in [-0.4, -0.2) is 35.4 Å². The van der Waals surface area contributed by atoms with E-state index in [1.165, 1.54) is 7.11 Å². The normalized spacial score (nSPS) is 11.7. The van der Waals surface area contributed by atoms with Crippen LogP contribution in [0.25, 0.3) is 0 Å². The number of thioether (sulfide) groups is 1. The molecule has 0 radical (unpaired) electrons. The maximum atomic E-state index is 12.7. The van der Waals surface area contributed by atoms with Crippen LogP contribution in [0.4, 0.5) is 0 Å². The molecule has 0 unspecified atom stereocenters. The third-order valence-electron chi connectivity index (χ3n) is 4.57. The topological polar surface area (TPSA) is 84.9 Å². The Morgan fingerprint density at radius 1 is 0.970 bits per heavy atom. The predicted molar refractivity (Wildman–Crippen MR) is 134 cm³/mol. The summed E-state index contributed by atoms with van der Waals surface area (Å²) >= 11 is 1.75. The van der Waals surface area contributed by atoms with E-state index in [0.717, 1.165) is 5.56 Å². The molecule has 1 amide bonds. The number of hydrogen-bond acceptors (Lipinski definition) is 5. The fourth-order valence-electron chi connectivity index (χ4n) is 2.88. The zero-order valence-electron chi connectivity index (χ0n) is 20.6. The Bertz CT molecular complexity index is 989. The van der Waals surface area contributed by atoms with E-state index >= 15 is 0 Å². The molecule has 0 bridgehead atoms. The molecule has 2 aromatic rings. The van der Waals surface area contributed by atoms with Gasteiger partial charge in [0, 0.05) is 28.2 Å². The van der Waals surface area contributed by atoms with Crippen LogP contribution in [0.2, 0.25) is 0 Å². The van der Waals surface area contributed by atoms with Crippen LogP contribution >= 0.6 is 11.8 Å². The lowest BCUT2D eigenvalue weighted by Crippen LogP contribution is -2.32. The highest BCUT2D eigenvalue weighted by Crippen LogP contribution is 2.37. The number of nitrogens with one attached hydrogen (secondary N) is 1. The number of carbonyl (C=O) groups is 2. The SMILES string of the molecule is COc1ccc(CC(=O)O)cc1Oc1ccc(C(=O)NCC(C)(C)C)cc1CSC(C)(C)C. The molecule has 2 N–H and O–H groups in total. The first-order valence-electron chi connectivity index (χ1n) is 10.9. The fourth-order valence-corrected chi connectivity index (χ4v) is 3.69. The molecular formula is C26H35NO5S. The smallest absolute Gasteiger partial charge is 0.307 e. The van der Waals surface area contributed by atoms with Gasteiger partial charge in [-0.1, -0.05) is 47.6 Å². The van der Waals surface area contributed by atoms with E-state index in [4.69, 9.17) is 14.6 Å².